The van der Waals surface area contributed by atoms with E-state index in [1.165, 1.54) is 17.8 Å². The fraction of sp³-hybridized carbons (Fsp3) is 0.333. The lowest BCUT2D eigenvalue weighted by atomic mass is 10.1. The molecule has 0 bridgehead atoms. The van der Waals surface area contributed by atoms with E-state index in [1.54, 1.807) is 18.5 Å². The number of carbonyl (C=O) groups excluding carboxylic acids is 1. The average molecular weight is 348 g/mol. The zero-order chi connectivity index (χ0) is 16.9. The van der Waals surface area contributed by atoms with E-state index in [0.717, 1.165) is 30.2 Å². The van der Waals surface area contributed by atoms with Crippen LogP contribution < -0.4 is 5.32 Å². The molecule has 0 radical (unpaired) electrons. The summed E-state index contributed by atoms with van der Waals surface area (Å²) in [5.41, 5.74) is 0.453. The van der Waals surface area contributed by atoms with Crippen molar-refractivity contribution in [3.63, 3.8) is 0 Å². The minimum Gasteiger partial charge on any atom is -0.352 e. The SMILES string of the molecule is O=C(NCCc1cccnc1)c1c(F)ccc(SCC2CC2)c1F. The van der Waals surface area contributed by atoms with Gasteiger partial charge in [-0.1, -0.05) is 6.07 Å². The first-order valence-electron chi connectivity index (χ1n) is 7.93. The number of halogens is 2. The van der Waals surface area contributed by atoms with Gasteiger partial charge < -0.3 is 5.32 Å². The number of thioether (sulfide) groups is 1. The number of benzene rings is 1. The molecule has 2 aromatic rings. The number of rotatable bonds is 7. The number of hydrogen-bond acceptors (Lipinski definition) is 3. The van der Waals surface area contributed by atoms with Crippen LogP contribution in [0.5, 0.6) is 0 Å². The van der Waals surface area contributed by atoms with Gasteiger partial charge in [-0.2, -0.15) is 0 Å². The molecule has 1 heterocycles. The van der Waals surface area contributed by atoms with Gasteiger partial charge in [0.1, 0.15) is 11.4 Å². The zero-order valence-corrected chi connectivity index (χ0v) is 13.9. The van der Waals surface area contributed by atoms with Crippen LogP contribution in [0.3, 0.4) is 0 Å². The van der Waals surface area contributed by atoms with Crippen LogP contribution in [0, 0.1) is 17.6 Å². The topological polar surface area (TPSA) is 42.0 Å². The van der Waals surface area contributed by atoms with Crippen molar-refractivity contribution in [1.82, 2.24) is 10.3 Å². The molecule has 1 aliphatic carbocycles. The van der Waals surface area contributed by atoms with E-state index >= 15 is 0 Å². The Bertz CT molecular complexity index is 720. The maximum atomic E-state index is 14.5. The molecule has 0 atom stereocenters. The minimum atomic E-state index is -0.831. The Kier molecular flexibility index (Phi) is 5.45. The lowest BCUT2D eigenvalue weighted by Crippen LogP contribution is -2.27. The normalized spacial score (nSPS) is 13.8. The van der Waals surface area contributed by atoms with Gasteiger partial charge in [-0.15, -0.1) is 11.8 Å². The van der Waals surface area contributed by atoms with E-state index in [9.17, 15) is 13.6 Å². The van der Waals surface area contributed by atoms with Crippen molar-refractivity contribution in [2.24, 2.45) is 5.92 Å². The molecule has 6 heteroatoms. The lowest BCUT2D eigenvalue weighted by Gasteiger charge is -2.10. The third-order valence-electron chi connectivity index (χ3n) is 3.88. The van der Waals surface area contributed by atoms with Gasteiger partial charge in [0.05, 0.1) is 0 Å². The van der Waals surface area contributed by atoms with Crippen LogP contribution in [0.25, 0.3) is 0 Å². The highest BCUT2D eigenvalue weighted by Gasteiger charge is 2.24. The molecule has 1 aromatic carbocycles. The van der Waals surface area contributed by atoms with Gasteiger partial charge in [0.25, 0.3) is 5.91 Å². The fourth-order valence-corrected chi connectivity index (χ4v) is 3.44. The summed E-state index contributed by atoms with van der Waals surface area (Å²) >= 11 is 1.35. The second-order valence-electron chi connectivity index (χ2n) is 5.86. The Labute approximate surface area is 143 Å². The van der Waals surface area contributed by atoms with E-state index in [1.807, 2.05) is 6.07 Å². The van der Waals surface area contributed by atoms with Gasteiger partial charge in [-0.25, -0.2) is 8.78 Å². The number of amides is 1. The van der Waals surface area contributed by atoms with Crippen LogP contribution in [0.15, 0.2) is 41.6 Å². The molecule has 1 fully saturated rings. The minimum absolute atomic E-state index is 0.294. The number of nitrogens with zero attached hydrogens (tertiary/aromatic N) is 1. The van der Waals surface area contributed by atoms with Gasteiger partial charge >= 0.3 is 0 Å². The maximum Gasteiger partial charge on any atom is 0.257 e. The first kappa shape index (κ1) is 16.9. The van der Waals surface area contributed by atoms with Crippen molar-refractivity contribution in [1.29, 1.82) is 0 Å². The summed E-state index contributed by atoms with van der Waals surface area (Å²) < 4.78 is 28.4. The molecule has 0 spiro atoms. The third kappa shape index (κ3) is 4.32. The van der Waals surface area contributed by atoms with E-state index in [0.29, 0.717) is 23.8 Å². The quantitative estimate of drug-likeness (QED) is 0.773. The maximum absolute atomic E-state index is 14.5. The molecular formula is C18H18F2N2OS. The van der Waals surface area contributed by atoms with E-state index in [-0.39, 0.29) is 0 Å². The van der Waals surface area contributed by atoms with Crippen LogP contribution in [-0.2, 0) is 6.42 Å². The monoisotopic (exact) mass is 348 g/mol. The van der Waals surface area contributed by atoms with Crippen molar-refractivity contribution >= 4 is 17.7 Å². The van der Waals surface area contributed by atoms with Crippen molar-refractivity contribution in [2.45, 2.75) is 24.2 Å². The molecule has 3 nitrogen and oxygen atoms in total. The molecule has 3 rings (SSSR count). The first-order chi connectivity index (χ1) is 11.6. The molecule has 1 saturated carbocycles. The molecule has 0 saturated heterocycles. The Morgan fingerprint density at radius 1 is 1.29 bits per heavy atom. The van der Waals surface area contributed by atoms with Crippen molar-refractivity contribution in [2.75, 3.05) is 12.3 Å². The zero-order valence-electron chi connectivity index (χ0n) is 13.1. The molecule has 1 aromatic heterocycles. The van der Waals surface area contributed by atoms with E-state index < -0.39 is 23.1 Å². The number of aromatic nitrogens is 1. The van der Waals surface area contributed by atoms with E-state index in [2.05, 4.69) is 10.3 Å². The summed E-state index contributed by atoms with van der Waals surface area (Å²) in [6.45, 7) is 0.294. The van der Waals surface area contributed by atoms with Gasteiger partial charge in [-0.3, -0.25) is 9.78 Å². The van der Waals surface area contributed by atoms with Gasteiger partial charge in [-0.05, 0) is 48.9 Å². The molecule has 24 heavy (non-hydrogen) atoms. The van der Waals surface area contributed by atoms with Crippen LogP contribution in [-0.4, -0.2) is 23.2 Å². The highest BCUT2D eigenvalue weighted by atomic mass is 32.2. The summed E-state index contributed by atoms with van der Waals surface area (Å²) in [4.78, 5) is 16.5. The molecule has 1 amide bonds. The van der Waals surface area contributed by atoms with Crippen LogP contribution in [0.1, 0.15) is 28.8 Å². The standard InChI is InChI=1S/C18H18F2N2OS/c19-14-5-6-15(24-11-13-3-4-13)17(20)16(14)18(23)22-9-7-12-2-1-8-21-10-12/h1-2,5-6,8,10,13H,3-4,7,9,11H2,(H,22,23). The van der Waals surface area contributed by atoms with Crippen LogP contribution in [0.2, 0.25) is 0 Å². The summed E-state index contributed by atoms with van der Waals surface area (Å²) in [6.07, 6.45) is 6.24. The van der Waals surface area contributed by atoms with Gasteiger partial charge in [0.2, 0.25) is 0 Å². The summed E-state index contributed by atoms with van der Waals surface area (Å²) in [5, 5.41) is 2.58. The Morgan fingerprint density at radius 2 is 2.12 bits per heavy atom. The first-order valence-corrected chi connectivity index (χ1v) is 8.91. The van der Waals surface area contributed by atoms with Crippen molar-refractivity contribution in [3.05, 3.63) is 59.4 Å². The lowest BCUT2D eigenvalue weighted by molar-refractivity contribution is 0.0945. The van der Waals surface area contributed by atoms with Gasteiger partial charge in [0.15, 0.2) is 5.82 Å². The van der Waals surface area contributed by atoms with Crippen LogP contribution in [0.4, 0.5) is 8.78 Å². The summed E-state index contributed by atoms with van der Waals surface area (Å²) in [7, 11) is 0. The van der Waals surface area contributed by atoms with Crippen molar-refractivity contribution in [3.8, 4) is 0 Å². The Morgan fingerprint density at radius 3 is 2.83 bits per heavy atom. The molecule has 0 unspecified atom stereocenters. The third-order valence-corrected chi connectivity index (χ3v) is 5.14. The molecule has 0 aliphatic heterocycles. The van der Waals surface area contributed by atoms with Gasteiger partial charge in [0, 0.05) is 29.6 Å². The Balaban J connectivity index is 1.63. The average Bonchev–Trinajstić information content (AvgIpc) is 3.39. The number of carbonyl (C=O) groups is 1. The number of nitrogens with one attached hydrogen (secondary N) is 1. The Hall–Kier alpha value is -1.95. The summed E-state index contributed by atoms with van der Waals surface area (Å²) in [5.74, 6) is -0.884. The number of pyridine rings is 1. The smallest absolute Gasteiger partial charge is 0.257 e. The molecule has 1 N–H and O–H groups in total. The fourth-order valence-electron chi connectivity index (χ4n) is 2.30. The highest BCUT2D eigenvalue weighted by molar-refractivity contribution is 7.99. The predicted octanol–water partition coefficient (Wildman–Crippen LogP) is 3.83. The summed E-state index contributed by atoms with van der Waals surface area (Å²) in [6, 6.07) is 6.25. The largest absolute Gasteiger partial charge is 0.352 e. The second-order valence-corrected chi connectivity index (χ2v) is 6.92. The molecule has 126 valence electrons. The van der Waals surface area contributed by atoms with E-state index in [4.69, 9.17) is 0 Å². The molecule has 1 aliphatic rings. The molecular weight excluding hydrogens is 330 g/mol. The van der Waals surface area contributed by atoms with Crippen molar-refractivity contribution < 1.29 is 13.6 Å². The predicted molar refractivity (Wildman–Crippen MR) is 90.1 cm³/mol. The number of hydrogen-bond donors (Lipinski definition) is 1. The van der Waals surface area contributed by atoms with Crippen LogP contribution >= 0.6 is 11.8 Å². The second kappa shape index (κ2) is 7.75. The highest BCUT2D eigenvalue weighted by Crippen LogP contribution is 2.36.